The molecule has 2 nitrogen and oxygen atoms in total. The lowest BCUT2D eigenvalue weighted by atomic mass is 9.85. The van der Waals surface area contributed by atoms with E-state index in [4.69, 9.17) is 0 Å². The van der Waals surface area contributed by atoms with Crippen molar-refractivity contribution in [3.8, 4) is 34.4 Å². The van der Waals surface area contributed by atoms with Crippen molar-refractivity contribution in [1.82, 2.24) is 0 Å². The Hall–Kier alpha value is -3.43. The Morgan fingerprint density at radius 1 is 0.708 bits per heavy atom. The van der Waals surface area contributed by atoms with Crippen LogP contribution in [0, 0.1) is 35.4 Å². The maximum atomic E-state index is 14.9. The second kappa shape index (κ2) is 6.36. The minimum absolute atomic E-state index is 0.0880. The molecule has 0 aliphatic heterocycles. The van der Waals surface area contributed by atoms with Crippen molar-refractivity contribution in [2.45, 2.75) is 6.92 Å². The Balaban J connectivity index is 2.47. The monoisotopic (exact) mass is 312 g/mol. The van der Waals surface area contributed by atoms with Crippen molar-refractivity contribution in [3.63, 3.8) is 0 Å². The van der Waals surface area contributed by atoms with Gasteiger partial charge in [0.1, 0.15) is 12.1 Å². The van der Waals surface area contributed by atoms with Crippen LogP contribution in [0.1, 0.15) is 16.7 Å². The largest absolute Gasteiger partial charge is 0.204 e. The Kier molecular flexibility index (Phi) is 4.10. The van der Waals surface area contributed by atoms with Crippen LogP contribution in [0.15, 0.2) is 60.7 Å². The molecule has 0 aliphatic carbocycles. The first-order valence-corrected chi connectivity index (χ1v) is 7.46. The van der Waals surface area contributed by atoms with Gasteiger partial charge in [0.15, 0.2) is 5.82 Å². The van der Waals surface area contributed by atoms with E-state index in [1.807, 2.05) is 79.7 Å². The van der Waals surface area contributed by atoms with Crippen LogP contribution in [-0.4, -0.2) is 0 Å². The van der Waals surface area contributed by atoms with Crippen molar-refractivity contribution in [2.75, 3.05) is 0 Å². The lowest BCUT2D eigenvalue weighted by Gasteiger charge is -2.17. The Morgan fingerprint density at radius 2 is 1.08 bits per heavy atom. The maximum Gasteiger partial charge on any atom is 0.159 e. The highest BCUT2D eigenvalue weighted by atomic mass is 19.1. The Bertz CT molecular complexity index is 900. The highest BCUT2D eigenvalue weighted by Gasteiger charge is 2.23. The molecule has 114 valence electrons. The molecule has 0 radical (unpaired) electrons. The summed E-state index contributed by atoms with van der Waals surface area (Å²) in [5.74, 6) is -0.761. The van der Waals surface area contributed by atoms with E-state index in [2.05, 4.69) is 0 Å². The van der Waals surface area contributed by atoms with Crippen LogP contribution < -0.4 is 0 Å². The van der Waals surface area contributed by atoms with Crippen LogP contribution in [-0.2, 0) is 0 Å². The maximum absolute atomic E-state index is 14.9. The first-order chi connectivity index (χ1) is 11.7. The van der Waals surface area contributed by atoms with E-state index in [0.717, 1.165) is 16.7 Å². The second-order valence-electron chi connectivity index (χ2n) is 5.39. The molecule has 0 bridgehead atoms. The van der Waals surface area contributed by atoms with Crippen LogP contribution in [0.5, 0.6) is 0 Å². The minimum Gasteiger partial charge on any atom is -0.204 e. The standard InChI is InChI=1S/C21H13FN2/c1-14-19(15-8-4-2-5-9-15)17(12-23)21(22)18(13-24)20(14)16-10-6-3-7-11-16/h2-11H,1H3. The molecule has 3 aromatic carbocycles. The minimum atomic E-state index is -0.761. The van der Waals surface area contributed by atoms with E-state index in [1.54, 1.807) is 0 Å². The van der Waals surface area contributed by atoms with E-state index in [9.17, 15) is 14.9 Å². The Morgan fingerprint density at radius 3 is 1.42 bits per heavy atom. The SMILES string of the molecule is Cc1c(-c2ccccc2)c(C#N)c(F)c(C#N)c1-c1ccccc1. The highest BCUT2D eigenvalue weighted by Crippen LogP contribution is 2.38. The molecule has 0 heterocycles. The molecule has 0 saturated heterocycles. The van der Waals surface area contributed by atoms with Crippen LogP contribution in [0.4, 0.5) is 4.39 Å². The Labute approximate surface area is 140 Å². The van der Waals surface area contributed by atoms with Crippen molar-refractivity contribution in [2.24, 2.45) is 0 Å². The molecule has 24 heavy (non-hydrogen) atoms. The van der Waals surface area contributed by atoms with Gasteiger partial charge in [0.2, 0.25) is 0 Å². The summed E-state index contributed by atoms with van der Waals surface area (Å²) >= 11 is 0. The van der Waals surface area contributed by atoms with Gasteiger partial charge in [-0.1, -0.05) is 60.7 Å². The average molecular weight is 312 g/mol. The molecule has 0 spiro atoms. The number of hydrogen-bond donors (Lipinski definition) is 0. The molecular weight excluding hydrogens is 299 g/mol. The molecule has 0 atom stereocenters. The number of rotatable bonds is 2. The van der Waals surface area contributed by atoms with Crippen LogP contribution in [0.25, 0.3) is 22.3 Å². The number of hydrogen-bond acceptors (Lipinski definition) is 2. The fraction of sp³-hybridized carbons (Fsp3) is 0.0476. The molecule has 0 saturated carbocycles. The molecule has 0 aliphatic rings. The van der Waals surface area contributed by atoms with Gasteiger partial charge in [-0.2, -0.15) is 10.5 Å². The van der Waals surface area contributed by atoms with Gasteiger partial charge in [-0.15, -0.1) is 0 Å². The fourth-order valence-electron chi connectivity index (χ4n) is 2.99. The quantitative estimate of drug-likeness (QED) is 0.652. The number of halogens is 1. The van der Waals surface area contributed by atoms with Crippen molar-refractivity contribution >= 4 is 0 Å². The van der Waals surface area contributed by atoms with E-state index in [0.29, 0.717) is 11.1 Å². The topological polar surface area (TPSA) is 47.6 Å². The van der Waals surface area contributed by atoms with Gasteiger partial charge in [-0.3, -0.25) is 0 Å². The molecule has 0 fully saturated rings. The third-order valence-corrected chi connectivity index (χ3v) is 4.04. The van der Waals surface area contributed by atoms with E-state index in [-0.39, 0.29) is 11.1 Å². The second-order valence-corrected chi connectivity index (χ2v) is 5.39. The summed E-state index contributed by atoms with van der Waals surface area (Å²) in [6, 6.07) is 22.3. The summed E-state index contributed by atoms with van der Waals surface area (Å²) in [5.41, 5.74) is 3.13. The number of benzene rings is 3. The molecule has 3 heteroatoms. The summed E-state index contributed by atoms with van der Waals surface area (Å²) < 4.78 is 14.9. The van der Waals surface area contributed by atoms with Gasteiger partial charge >= 0.3 is 0 Å². The van der Waals surface area contributed by atoms with E-state index in [1.165, 1.54) is 0 Å². The summed E-state index contributed by atoms with van der Waals surface area (Å²) in [6.07, 6.45) is 0. The summed E-state index contributed by atoms with van der Waals surface area (Å²) in [5, 5.41) is 18.9. The van der Waals surface area contributed by atoms with Gasteiger partial charge in [-0.05, 0) is 23.6 Å². The zero-order valence-corrected chi connectivity index (χ0v) is 13.0. The van der Waals surface area contributed by atoms with Crippen LogP contribution in [0.2, 0.25) is 0 Å². The number of nitrogens with zero attached hydrogens (tertiary/aromatic N) is 2. The van der Waals surface area contributed by atoms with Crippen LogP contribution >= 0.6 is 0 Å². The van der Waals surface area contributed by atoms with Gasteiger partial charge in [0.25, 0.3) is 0 Å². The van der Waals surface area contributed by atoms with Gasteiger partial charge in [-0.25, -0.2) is 4.39 Å². The van der Waals surface area contributed by atoms with Gasteiger partial charge in [0, 0.05) is 11.1 Å². The molecule has 0 N–H and O–H groups in total. The normalized spacial score (nSPS) is 10.0. The van der Waals surface area contributed by atoms with Crippen molar-refractivity contribution in [1.29, 1.82) is 10.5 Å². The smallest absolute Gasteiger partial charge is 0.159 e. The van der Waals surface area contributed by atoms with E-state index >= 15 is 0 Å². The molecule has 0 amide bonds. The summed E-state index contributed by atoms with van der Waals surface area (Å²) in [4.78, 5) is 0. The lowest BCUT2D eigenvalue weighted by molar-refractivity contribution is 0.620. The summed E-state index contributed by atoms with van der Waals surface area (Å²) in [6.45, 7) is 1.83. The predicted octanol–water partition coefficient (Wildman–Crippen LogP) is 5.21. The molecule has 3 aromatic rings. The van der Waals surface area contributed by atoms with Gasteiger partial charge < -0.3 is 0 Å². The molecule has 0 aromatic heterocycles. The first kappa shape index (κ1) is 15.5. The molecule has 0 unspecified atom stereocenters. The number of nitriles is 2. The van der Waals surface area contributed by atoms with Gasteiger partial charge in [0.05, 0.1) is 11.1 Å². The zero-order valence-electron chi connectivity index (χ0n) is 13.0. The molecular formula is C21H13FN2. The van der Waals surface area contributed by atoms with Crippen molar-refractivity contribution < 1.29 is 4.39 Å². The summed E-state index contributed by atoms with van der Waals surface area (Å²) in [7, 11) is 0. The average Bonchev–Trinajstić information content (AvgIpc) is 2.64. The fourth-order valence-corrected chi connectivity index (χ4v) is 2.99. The third kappa shape index (κ3) is 2.43. The third-order valence-electron chi connectivity index (χ3n) is 4.04. The van der Waals surface area contributed by atoms with Crippen molar-refractivity contribution in [3.05, 3.63) is 83.2 Å². The van der Waals surface area contributed by atoms with E-state index < -0.39 is 5.82 Å². The first-order valence-electron chi connectivity index (χ1n) is 7.46. The predicted molar refractivity (Wildman–Crippen MR) is 91.4 cm³/mol. The lowest BCUT2D eigenvalue weighted by Crippen LogP contribution is -2.02. The highest BCUT2D eigenvalue weighted by molar-refractivity contribution is 5.86. The zero-order chi connectivity index (χ0) is 17.1. The molecule has 3 rings (SSSR count). The van der Waals surface area contributed by atoms with Crippen LogP contribution in [0.3, 0.4) is 0 Å².